The molecule has 1 aromatic carbocycles. The molecule has 0 saturated carbocycles. The van der Waals surface area contributed by atoms with Gasteiger partial charge in [0.15, 0.2) is 0 Å². The van der Waals surface area contributed by atoms with Crippen LogP contribution in [0.4, 0.5) is 5.69 Å². The summed E-state index contributed by atoms with van der Waals surface area (Å²) in [4.78, 5) is 2.45. The molecular weight excluding hydrogens is 224 g/mol. The fourth-order valence-electron chi connectivity index (χ4n) is 2.55. The predicted molar refractivity (Wildman–Crippen MR) is 76.4 cm³/mol. The first-order valence-electron chi connectivity index (χ1n) is 6.81. The Morgan fingerprint density at radius 3 is 2.67 bits per heavy atom. The highest BCUT2D eigenvalue weighted by Crippen LogP contribution is 2.32. The standard InChI is InChI=1S/C15H24N2O/c1-12-6-8-17(9-7-12)14-5-4-13(11-16-2)10-15(14)18-3/h4-5,10,12,16H,6-9,11H2,1-3H3. The lowest BCUT2D eigenvalue weighted by molar-refractivity contribution is 0.403. The lowest BCUT2D eigenvalue weighted by atomic mass is 9.98. The van der Waals surface area contributed by atoms with E-state index in [0.717, 1.165) is 31.3 Å². The van der Waals surface area contributed by atoms with Crippen LogP contribution in [0.3, 0.4) is 0 Å². The second-order valence-electron chi connectivity index (χ2n) is 5.21. The van der Waals surface area contributed by atoms with Gasteiger partial charge >= 0.3 is 0 Å². The van der Waals surface area contributed by atoms with E-state index in [-0.39, 0.29) is 0 Å². The number of anilines is 1. The number of hydrogen-bond acceptors (Lipinski definition) is 3. The lowest BCUT2D eigenvalue weighted by Gasteiger charge is -2.33. The van der Waals surface area contributed by atoms with Crippen molar-refractivity contribution in [3.63, 3.8) is 0 Å². The van der Waals surface area contributed by atoms with E-state index in [1.54, 1.807) is 7.11 Å². The molecule has 3 nitrogen and oxygen atoms in total. The quantitative estimate of drug-likeness (QED) is 0.886. The van der Waals surface area contributed by atoms with Crippen molar-refractivity contribution in [2.45, 2.75) is 26.3 Å². The number of nitrogens with zero attached hydrogens (tertiary/aromatic N) is 1. The molecule has 1 fully saturated rings. The van der Waals surface area contributed by atoms with Crippen LogP contribution in [0.15, 0.2) is 18.2 Å². The maximum Gasteiger partial charge on any atom is 0.142 e. The van der Waals surface area contributed by atoms with Crippen LogP contribution >= 0.6 is 0 Å². The van der Waals surface area contributed by atoms with Gasteiger partial charge in [0.05, 0.1) is 12.8 Å². The number of rotatable bonds is 4. The van der Waals surface area contributed by atoms with E-state index in [0.29, 0.717) is 0 Å². The van der Waals surface area contributed by atoms with Crippen molar-refractivity contribution < 1.29 is 4.74 Å². The molecule has 0 bridgehead atoms. The van der Waals surface area contributed by atoms with E-state index < -0.39 is 0 Å². The zero-order valence-corrected chi connectivity index (χ0v) is 11.7. The minimum atomic E-state index is 0.857. The Morgan fingerprint density at radius 1 is 1.33 bits per heavy atom. The molecule has 0 unspecified atom stereocenters. The molecule has 18 heavy (non-hydrogen) atoms. The molecule has 0 atom stereocenters. The van der Waals surface area contributed by atoms with Crippen LogP contribution in [0, 0.1) is 5.92 Å². The first-order valence-corrected chi connectivity index (χ1v) is 6.81. The second kappa shape index (κ2) is 6.10. The summed E-state index contributed by atoms with van der Waals surface area (Å²) in [5.41, 5.74) is 2.51. The molecule has 1 aliphatic rings. The average molecular weight is 248 g/mol. The highest BCUT2D eigenvalue weighted by Gasteiger charge is 2.18. The molecule has 1 heterocycles. The van der Waals surface area contributed by atoms with Crippen LogP contribution in [0.5, 0.6) is 5.75 Å². The Bertz CT molecular complexity index is 384. The Morgan fingerprint density at radius 2 is 2.06 bits per heavy atom. The van der Waals surface area contributed by atoms with Gasteiger partial charge in [-0.15, -0.1) is 0 Å². The molecule has 1 N–H and O–H groups in total. The van der Waals surface area contributed by atoms with Gasteiger partial charge in [0.2, 0.25) is 0 Å². The van der Waals surface area contributed by atoms with Crippen LogP contribution in [0.25, 0.3) is 0 Å². The van der Waals surface area contributed by atoms with Crippen LogP contribution in [-0.4, -0.2) is 27.2 Å². The van der Waals surface area contributed by atoms with Crippen molar-refractivity contribution in [3.05, 3.63) is 23.8 Å². The fourth-order valence-corrected chi connectivity index (χ4v) is 2.55. The second-order valence-corrected chi connectivity index (χ2v) is 5.21. The zero-order valence-electron chi connectivity index (χ0n) is 11.7. The summed E-state index contributed by atoms with van der Waals surface area (Å²) in [7, 11) is 3.72. The number of ether oxygens (including phenoxy) is 1. The van der Waals surface area contributed by atoms with Crippen molar-refractivity contribution in [2.75, 3.05) is 32.1 Å². The SMILES string of the molecule is CNCc1ccc(N2CCC(C)CC2)c(OC)c1. The van der Waals surface area contributed by atoms with Gasteiger partial charge in [0.25, 0.3) is 0 Å². The predicted octanol–water partition coefficient (Wildman–Crippen LogP) is 2.65. The summed E-state index contributed by atoms with van der Waals surface area (Å²) < 4.78 is 5.54. The molecular formula is C15H24N2O. The number of piperidine rings is 1. The maximum absolute atomic E-state index is 5.54. The third-order valence-corrected chi connectivity index (χ3v) is 3.75. The Balaban J connectivity index is 2.16. The Hall–Kier alpha value is -1.22. The molecule has 0 aliphatic carbocycles. The van der Waals surface area contributed by atoms with Crippen LogP contribution < -0.4 is 15.0 Å². The molecule has 1 saturated heterocycles. The van der Waals surface area contributed by atoms with Gasteiger partial charge in [-0.2, -0.15) is 0 Å². The van der Waals surface area contributed by atoms with Gasteiger partial charge in [0.1, 0.15) is 5.75 Å². The van der Waals surface area contributed by atoms with Crippen LogP contribution in [-0.2, 0) is 6.54 Å². The Labute approximate surface area is 110 Å². The number of benzene rings is 1. The smallest absolute Gasteiger partial charge is 0.142 e. The summed E-state index contributed by atoms with van der Waals surface area (Å²) in [6.45, 7) is 5.50. The van der Waals surface area contributed by atoms with Gasteiger partial charge in [-0.05, 0) is 43.5 Å². The molecule has 0 radical (unpaired) electrons. The molecule has 3 heteroatoms. The monoisotopic (exact) mass is 248 g/mol. The first-order chi connectivity index (χ1) is 8.74. The van der Waals surface area contributed by atoms with Gasteiger partial charge in [-0.25, -0.2) is 0 Å². The van der Waals surface area contributed by atoms with E-state index in [1.807, 2.05) is 7.05 Å². The van der Waals surface area contributed by atoms with Crippen LogP contribution in [0.2, 0.25) is 0 Å². The molecule has 1 aromatic rings. The minimum absolute atomic E-state index is 0.857. The largest absolute Gasteiger partial charge is 0.495 e. The van der Waals surface area contributed by atoms with Crippen molar-refractivity contribution in [1.82, 2.24) is 5.32 Å². The van der Waals surface area contributed by atoms with Crippen molar-refractivity contribution in [3.8, 4) is 5.75 Å². The highest BCUT2D eigenvalue weighted by molar-refractivity contribution is 5.60. The van der Waals surface area contributed by atoms with E-state index in [2.05, 4.69) is 35.3 Å². The fraction of sp³-hybridized carbons (Fsp3) is 0.600. The zero-order chi connectivity index (χ0) is 13.0. The van der Waals surface area contributed by atoms with Gasteiger partial charge in [0, 0.05) is 19.6 Å². The maximum atomic E-state index is 5.54. The van der Waals surface area contributed by atoms with Crippen molar-refractivity contribution in [1.29, 1.82) is 0 Å². The number of nitrogens with one attached hydrogen (secondary N) is 1. The third kappa shape index (κ3) is 2.96. The summed E-state index contributed by atoms with van der Waals surface area (Å²) in [5.74, 6) is 1.85. The summed E-state index contributed by atoms with van der Waals surface area (Å²) >= 11 is 0. The number of methoxy groups -OCH3 is 1. The van der Waals surface area contributed by atoms with E-state index in [9.17, 15) is 0 Å². The molecule has 0 spiro atoms. The lowest BCUT2D eigenvalue weighted by Crippen LogP contribution is -2.33. The van der Waals surface area contributed by atoms with E-state index in [1.165, 1.54) is 24.1 Å². The van der Waals surface area contributed by atoms with E-state index in [4.69, 9.17) is 4.74 Å². The summed E-state index contributed by atoms with van der Waals surface area (Å²) in [5, 5.41) is 3.17. The van der Waals surface area contributed by atoms with Crippen molar-refractivity contribution in [2.24, 2.45) is 5.92 Å². The summed E-state index contributed by atoms with van der Waals surface area (Å²) in [6, 6.07) is 6.53. The molecule has 1 aliphatic heterocycles. The highest BCUT2D eigenvalue weighted by atomic mass is 16.5. The Kier molecular flexibility index (Phi) is 4.48. The van der Waals surface area contributed by atoms with Gasteiger partial charge in [-0.1, -0.05) is 13.0 Å². The molecule has 0 aromatic heterocycles. The van der Waals surface area contributed by atoms with Crippen molar-refractivity contribution >= 4 is 5.69 Å². The normalized spacial score (nSPS) is 16.9. The van der Waals surface area contributed by atoms with Gasteiger partial charge in [-0.3, -0.25) is 0 Å². The third-order valence-electron chi connectivity index (χ3n) is 3.75. The summed E-state index contributed by atoms with van der Waals surface area (Å²) in [6.07, 6.45) is 2.56. The van der Waals surface area contributed by atoms with Crippen LogP contribution in [0.1, 0.15) is 25.3 Å². The minimum Gasteiger partial charge on any atom is -0.495 e. The molecule has 100 valence electrons. The first kappa shape index (κ1) is 13.2. The molecule has 2 rings (SSSR count). The van der Waals surface area contributed by atoms with Gasteiger partial charge < -0.3 is 15.0 Å². The molecule has 0 amide bonds. The van der Waals surface area contributed by atoms with E-state index >= 15 is 0 Å². The number of hydrogen-bond donors (Lipinski definition) is 1. The topological polar surface area (TPSA) is 24.5 Å². The average Bonchev–Trinajstić information content (AvgIpc) is 2.40.